The largest absolute Gasteiger partial charge is 0.472 e. The monoisotopic (exact) mass is 181 g/mol. The molecule has 1 heterocycles. The zero-order chi connectivity index (χ0) is 9.52. The molecule has 2 heteroatoms. The second-order valence-electron chi connectivity index (χ2n) is 3.31. The standard InChI is InChI=1S/C11H19NO/c1-3-5-6-11(12-4-2)10-7-8-13-9-10/h7-9,11-12H,3-6H2,1-2H3. The zero-order valence-electron chi connectivity index (χ0n) is 8.55. The van der Waals surface area contributed by atoms with Crippen LogP contribution in [0.3, 0.4) is 0 Å². The predicted octanol–water partition coefficient (Wildman–Crippen LogP) is 3.12. The fourth-order valence-corrected chi connectivity index (χ4v) is 1.51. The molecule has 0 aliphatic heterocycles. The first kappa shape index (κ1) is 10.3. The highest BCUT2D eigenvalue weighted by molar-refractivity contribution is 5.11. The summed E-state index contributed by atoms with van der Waals surface area (Å²) >= 11 is 0. The second kappa shape index (κ2) is 5.81. The molecule has 0 aliphatic rings. The van der Waals surface area contributed by atoms with E-state index < -0.39 is 0 Å². The molecule has 0 aliphatic carbocycles. The number of hydrogen-bond donors (Lipinski definition) is 1. The molecule has 0 saturated carbocycles. The van der Waals surface area contributed by atoms with E-state index >= 15 is 0 Å². The molecular formula is C11H19NO. The average molecular weight is 181 g/mol. The fraction of sp³-hybridized carbons (Fsp3) is 0.636. The Morgan fingerprint density at radius 2 is 2.31 bits per heavy atom. The van der Waals surface area contributed by atoms with Crippen LogP contribution in [-0.2, 0) is 0 Å². The van der Waals surface area contributed by atoms with Gasteiger partial charge in [-0.25, -0.2) is 0 Å². The summed E-state index contributed by atoms with van der Waals surface area (Å²) in [6.07, 6.45) is 7.29. The van der Waals surface area contributed by atoms with Gasteiger partial charge in [-0.1, -0.05) is 26.7 Å². The Morgan fingerprint density at radius 1 is 1.46 bits per heavy atom. The van der Waals surface area contributed by atoms with E-state index in [1.54, 1.807) is 6.26 Å². The van der Waals surface area contributed by atoms with Gasteiger partial charge >= 0.3 is 0 Å². The number of rotatable bonds is 6. The predicted molar refractivity (Wildman–Crippen MR) is 54.7 cm³/mol. The second-order valence-corrected chi connectivity index (χ2v) is 3.31. The van der Waals surface area contributed by atoms with Crippen molar-refractivity contribution in [3.63, 3.8) is 0 Å². The molecule has 0 radical (unpaired) electrons. The molecule has 1 aromatic heterocycles. The summed E-state index contributed by atoms with van der Waals surface area (Å²) in [7, 11) is 0. The summed E-state index contributed by atoms with van der Waals surface area (Å²) in [5.74, 6) is 0. The molecule has 1 unspecified atom stereocenters. The topological polar surface area (TPSA) is 25.2 Å². The smallest absolute Gasteiger partial charge is 0.0950 e. The third-order valence-corrected chi connectivity index (χ3v) is 2.24. The van der Waals surface area contributed by atoms with Crippen molar-refractivity contribution < 1.29 is 4.42 Å². The molecule has 0 amide bonds. The molecular weight excluding hydrogens is 162 g/mol. The van der Waals surface area contributed by atoms with Crippen LogP contribution in [0.25, 0.3) is 0 Å². The van der Waals surface area contributed by atoms with Gasteiger partial charge in [0.15, 0.2) is 0 Å². The van der Waals surface area contributed by atoms with Gasteiger partial charge in [-0.05, 0) is 19.0 Å². The lowest BCUT2D eigenvalue weighted by Gasteiger charge is -2.15. The molecule has 0 saturated heterocycles. The number of furan rings is 1. The summed E-state index contributed by atoms with van der Waals surface area (Å²) in [5.41, 5.74) is 1.27. The Kier molecular flexibility index (Phi) is 4.61. The molecule has 2 nitrogen and oxygen atoms in total. The molecule has 1 rings (SSSR count). The highest BCUT2D eigenvalue weighted by Gasteiger charge is 2.09. The van der Waals surface area contributed by atoms with Gasteiger partial charge in [-0.3, -0.25) is 0 Å². The van der Waals surface area contributed by atoms with E-state index in [-0.39, 0.29) is 0 Å². The van der Waals surface area contributed by atoms with Crippen molar-refractivity contribution in [1.82, 2.24) is 5.32 Å². The van der Waals surface area contributed by atoms with Crippen molar-refractivity contribution in [2.24, 2.45) is 0 Å². The number of unbranched alkanes of at least 4 members (excludes halogenated alkanes) is 1. The van der Waals surface area contributed by atoms with E-state index in [2.05, 4.69) is 19.2 Å². The minimum atomic E-state index is 0.476. The van der Waals surface area contributed by atoms with Crippen LogP contribution in [0.15, 0.2) is 23.0 Å². The highest BCUT2D eigenvalue weighted by atomic mass is 16.3. The van der Waals surface area contributed by atoms with Gasteiger partial charge in [0.2, 0.25) is 0 Å². The van der Waals surface area contributed by atoms with Crippen molar-refractivity contribution in [1.29, 1.82) is 0 Å². The van der Waals surface area contributed by atoms with E-state index in [4.69, 9.17) is 4.42 Å². The van der Waals surface area contributed by atoms with Gasteiger partial charge in [0, 0.05) is 11.6 Å². The summed E-state index contributed by atoms with van der Waals surface area (Å²) in [6, 6.07) is 2.52. The Morgan fingerprint density at radius 3 is 2.85 bits per heavy atom. The van der Waals surface area contributed by atoms with Gasteiger partial charge in [0.1, 0.15) is 0 Å². The van der Waals surface area contributed by atoms with E-state index in [1.807, 2.05) is 12.3 Å². The van der Waals surface area contributed by atoms with Crippen LogP contribution in [-0.4, -0.2) is 6.54 Å². The number of nitrogens with one attached hydrogen (secondary N) is 1. The van der Waals surface area contributed by atoms with E-state index in [0.717, 1.165) is 6.54 Å². The van der Waals surface area contributed by atoms with E-state index in [1.165, 1.54) is 24.8 Å². The van der Waals surface area contributed by atoms with Crippen molar-refractivity contribution in [2.45, 2.75) is 39.2 Å². The van der Waals surface area contributed by atoms with E-state index in [9.17, 15) is 0 Å². The van der Waals surface area contributed by atoms with Crippen LogP contribution in [0.1, 0.15) is 44.7 Å². The van der Waals surface area contributed by atoms with E-state index in [0.29, 0.717) is 6.04 Å². The minimum absolute atomic E-state index is 0.476. The average Bonchev–Trinajstić information content (AvgIpc) is 2.65. The molecule has 13 heavy (non-hydrogen) atoms. The lowest BCUT2D eigenvalue weighted by atomic mass is 10.0. The van der Waals surface area contributed by atoms with Gasteiger partial charge in [0.05, 0.1) is 12.5 Å². The lowest BCUT2D eigenvalue weighted by Crippen LogP contribution is -2.20. The summed E-state index contributed by atoms with van der Waals surface area (Å²) in [5, 5.41) is 3.46. The van der Waals surface area contributed by atoms with Gasteiger partial charge in [-0.2, -0.15) is 0 Å². The first-order valence-corrected chi connectivity index (χ1v) is 5.14. The molecule has 0 spiro atoms. The SMILES string of the molecule is CCCCC(NCC)c1ccoc1. The van der Waals surface area contributed by atoms with Crippen LogP contribution in [0.4, 0.5) is 0 Å². The Labute approximate surface area is 80.3 Å². The van der Waals surface area contributed by atoms with Crippen LogP contribution >= 0.6 is 0 Å². The van der Waals surface area contributed by atoms with Crippen LogP contribution in [0.2, 0.25) is 0 Å². The van der Waals surface area contributed by atoms with Gasteiger partial charge in [-0.15, -0.1) is 0 Å². The fourth-order valence-electron chi connectivity index (χ4n) is 1.51. The molecule has 1 atom stereocenters. The van der Waals surface area contributed by atoms with Crippen molar-refractivity contribution in [2.75, 3.05) is 6.54 Å². The molecule has 0 fully saturated rings. The number of hydrogen-bond acceptors (Lipinski definition) is 2. The summed E-state index contributed by atoms with van der Waals surface area (Å²) in [6.45, 7) is 5.37. The quantitative estimate of drug-likeness (QED) is 0.729. The third-order valence-electron chi connectivity index (χ3n) is 2.24. The molecule has 0 bridgehead atoms. The maximum Gasteiger partial charge on any atom is 0.0950 e. The first-order valence-electron chi connectivity index (χ1n) is 5.14. The van der Waals surface area contributed by atoms with Crippen LogP contribution in [0, 0.1) is 0 Å². The summed E-state index contributed by atoms with van der Waals surface area (Å²) < 4.78 is 5.08. The zero-order valence-corrected chi connectivity index (χ0v) is 8.55. The molecule has 0 aromatic carbocycles. The van der Waals surface area contributed by atoms with Crippen LogP contribution < -0.4 is 5.32 Å². The molecule has 74 valence electrons. The molecule has 1 aromatic rings. The van der Waals surface area contributed by atoms with Gasteiger partial charge in [0.25, 0.3) is 0 Å². The normalized spacial score (nSPS) is 13.1. The Hall–Kier alpha value is -0.760. The third kappa shape index (κ3) is 3.23. The van der Waals surface area contributed by atoms with Crippen molar-refractivity contribution in [3.05, 3.63) is 24.2 Å². The highest BCUT2D eigenvalue weighted by Crippen LogP contribution is 2.19. The van der Waals surface area contributed by atoms with Crippen LogP contribution in [0.5, 0.6) is 0 Å². The maximum absolute atomic E-state index is 5.08. The van der Waals surface area contributed by atoms with Gasteiger partial charge < -0.3 is 9.73 Å². The first-order chi connectivity index (χ1) is 6.38. The Balaban J connectivity index is 2.47. The minimum Gasteiger partial charge on any atom is -0.472 e. The van der Waals surface area contributed by atoms with Crippen molar-refractivity contribution >= 4 is 0 Å². The van der Waals surface area contributed by atoms with Crippen molar-refractivity contribution in [3.8, 4) is 0 Å². The lowest BCUT2D eigenvalue weighted by molar-refractivity contribution is 0.484. The summed E-state index contributed by atoms with van der Waals surface area (Å²) in [4.78, 5) is 0. The Bertz CT molecular complexity index is 206. The maximum atomic E-state index is 5.08. The molecule has 1 N–H and O–H groups in total.